The molecule has 19 heavy (non-hydrogen) atoms. The molecule has 1 aliphatic carbocycles. The molecule has 0 heterocycles. The highest BCUT2D eigenvalue weighted by Gasteiger charge is 2.68. The first-order valence-electron chi connectivity index (χ1n) is 6.78. The van der Waals surface area contributed by atoms with Gasteiger partial charge in [-0.3, -0.25) is 4.79 Å². The third kappa shape index (κ3) is 2.27. The monoisotopic (exact) mass is 261 g/mol. The number of benzene rings is 1. The van der Waals surface area contributed by atoms with E-state index in [0.717, 1.165) is 5.56 Å². The molecule has 1 amide bonds. The maximum Gasteiger partial charge on any atom is 0.224 e. The maximum absolute atomic E-state index is 12.4. The number of hydrogen-bond donors (Lipinski definition) is 2. The fourth-order valence-electron chi connectivity index (χ4n) is 3.03. The molecule has 1 unspecified atom stereocenters. The van der Waals surface area contributed by atoms with E-state index >= 15 is 0 Å². The maximum atomic E-state index is 12.4. The first kappa shape index (κ1) is 14.1. The molecule has 104 valence electrons. The highest BCUT2D eigenvalue weighted by atomic mass is 16.3. The molecular weight excluding hydrogens is 238 g/mol. The average Bonchev–Trinajstić information content (AvgIpc) is 2.77. The van der Waals surface area contributed by atoms with Crippen molar-refractivity contribution in [3.05, 3.63) is 35.9 Å². The third-order valence-electron chi connectivity index (χ3n) is 4.98. The van der Waals surface area contributed by atoms with Gasteiger partial charge in [0.1, 0.15) is 0 Å². The first-order chi connectivity index (χ1) is 8.82. The van der Waals surface area contributed by atoms with Crippen molar-refractivity contribution in [1.29, 1.82) is 0 Å². The molecule has 2 rings (SSSR count). The Morgan fingerprint density at radius 2 is 1.74 bits per heavy atom. The highest BCUT2D eigenvalue weighted by Crippen LogP contribution is 2.68. The Kier molecular flexibility index (Phi) is 3.43. The SMILES string of the molecule is CC1(C)C(C(=O)NC(CO)c2ccccc2)C1(C)C. The lowest BCUT2D eigenvalue weighted by molar-refractivity contribution is -0.124. The second-order valence-electron chi connectivity index (χ2n) is 6.53. The zero-order valence-corrected chi connectivity index (χ0v) is 12.1. The van der Waals surface area contributed by atoms with Gasteiger partial charge in [-0.05, 0) is 16.4 Å². The number of amides is 1. The van der Waals surface area contributed by atoms with Gasteiger partial charge in [0, 0.05) is 5.92 Å². The van der Waals surface area contributed by atoms with E-state index in [1.807, 2.05) is 30.3 Å². The van der Waals surface area contributed by atoms with E-state index in [4.69, 9.17) is 0 Å². The summed E-state index contributed by atoms with van der Waals surface area (Å²) >= 11 is 0. The van der Waals surface area contributed by atoms with Crippen LogP contribution in [0.5, 0.6) is 0 Å². The van der Waals surface area contributed by atoms with E-state index < -0.39 is 0 Å². The number of aliphatic hydroxyl groups is 1. The van der Waals surface area contributed by atoms with Crippen molar-refractivity contribution >= 4 is 5.91 Å². The number of nitrogens with one attached hydrogen (secondary N) is 1. The molecular formula is C16H23NO2. The molecule has 0 aromatic heterocycles. The minimum absolute atomic E-state index is 0.0118. The summed E-state index contributed by atoms with van der Waals surface area (Å²) in [5.41, 5.74) is 0.983. The predicted molar refractivity (Wildman–Crippen MR) is 75.5 cm³/mol. The molecule has 0 spiro atoms. The van der Waals surface area contributed by atoms with Gasteiger partial charge in [-0.15, -0.1) is 0 Å². The predicted octanol–water partition coefficient (Wildman–Crippen LogP) is 2.52. The molecule has 0 aliphatic heterocycles. The van der Waals surface area contributed by atoms with Crippen LogP contribution in [0.3, 0.4) is 0 Å². The summed E-state index contributed by atoms with van der Waals surface area (Å²) < 4.78 is 0. The second-order valence-corrected chi connectivity index (χ2v) is 6.53. The molecule has 1 atom stereocenters. The second kappa shape index (κ2) is 4.64. The molecule has 1 aliphatic rings. The van der Waals surface area contributed by atoms with Gasteiger partial charge >= 0.3 is 0 Å². The van der Waals surface area contributed by atoms with Gasteiger partial charge in [0.2, 0.25) is 5.91 Å². The van der Waals surface area contributed by atoms with Crippen molar-refractivity contribution in [2.24, 2.45) is 16.7 Å². The smallest absolute Gasteiger partial charge is 0.224 e. The third-order valence-corrected chi connectivity index (χ3v) is 4.98. The lowest BCUT2D eigenvalue weighted by Gasteiger charge is -2.17. The van der Waals surface area contributed by atoms with Crippen LogP contribution in [-0.4, -0.2) is 17.6 Å². The fourth-order valence-corrected chi connectivity index (χ4v) is 3.03. The topological polar surface area (TPSA) is 49.3 Å². The minimum Gasteiger partial charge on any atom is -0.394 e. The Morgan fingerprint density at radius 3 is 2.16 bits per heavy atom. The van der Waals surface area contributed by atoms with Gasteiger partial charge in [-0.2, -0.15) is 0 Å². The number of hydrogen-bond acceptors (Lipinski definition) is 2. The van der Waals surface area contributed by atoms with Crippen molar-refractivity contribution in [2.45, 2.75) is 33.7 Å². The Bertz CT molecular complexity index is 451. The number of aliphatic hydroxyl groups excluding tert-OH is 1. The van der Waals surface area contributed by atoms with Crippen LogP contribution in [0.15, 0.2) is 30.3 Å². The largest absolute Gasteiger partial charge is 0.394 e. The van der Waals surface area contributed by atoms with Crippen LogP contribution < -0.4 is 5.32 Å². The van der Waals surface area contributed by atoms with Crippen molar-refractivity contribution in [3.8, 4) is 0 Å². The fraction of sp³-hybridized carbons (Fsp3) is 0.562. The van der Waals surface area contributed by atoms with Gasteiger partial charge in [-0.1, -0.05) is 58.0 Å². The van der Waals surface area contributed by atoms with E-state index in [0.29, 0.717) is 0 Å². The first-order valence-corrected chi connectivity index (χ1v) is 6.78. The quantitative estimate of drug-likeness (QED) is 0.875. The van der Waals surface area contributed by atoms with Crippen molar-refractivity contribution < 1.29 is 9.90 Å². The summed E-state index contributed by atoms with van der Waals surface area (Å²) in [6, 6.07) is 9.27. The standard InChI is InChI=1S/C16H23NO2/c1-15(2)13(16(15,3)4)14(19)17-12(10-18)11-8-6-5-7-9-11/h5-9,12-13,18H,10H2,1-4H3,(H,17,19). The lowest BCUT2D eigenvalue weighted by Crippen LogP contribution is -2.33. The van der Waals surface area contributed by atoms with Crippen LogP contribution in [0.2, 0.25) is 0 Å². The van der Waals surface area contributed by atoms with E-state index in [1.54, 1.807) is 0 Å². The zero-order valence-electron chi connectivity index (χ0n) is 12.1. The van der Waals surface area contributed by atoms with Crippen LogP contribution in [-0.2, 0) is 4.79 Å². The highest BCUT2D eigenvalue weighted by molar-refractivity contribution is 5.84. The van der Waals surface area contributed by atoms with Gasteiger partial charge in [0.25, 0.3) is 0 Å². The van der Waals surface area contributed by atoms with Crippen LogP contribution in [0.1, 0.15) is 39.3 Å². The van der Waals surface area contributed by atoms with E-state index in [-0.39, 0.29) is 35.3 Å². The summed E-state index contributed by atoms with van der Waals surface area (Å²) in [6.07, 6.45) is 0. The van der Waals surface area contributed by atoms with Gasteiger partial charge in [0.15, 0.2) is 0 Å². The molecule has 1 fully saturated rings. The zero-order chi connectivity index (χ0) is 14.3. The van der Waals surface area contributed by atoms with Crippen LogP contribution >= 0.6 is 0 Å². The molecule has 3 heteroatoms. The van der Waals surface area contributed by atoms with Crippen LogP contribution in [0.25, 0.3) is 0 Å². The number of rotatable bonds is 4. The molecule has 3 nitrogen and oxygen atoms in total. The number of carbonyl (C=O) groups excluding carboxylic acids is 1. The lowest BCUT2D eigenvalue weighted by atomic mass is 10.0. The molecule has 2 N–H and O–H groups in total. The summed E-state index contributed by atoms with van der Waals surface area (Å²) in [4.78, 5) is 12.4. The summed E-state index contributed by atoms with van der Waals surface area (Å²) in [5, 5.41) is 12.4. The van der Waals surface area contributed by atoms with Crippen LogP contribution in [0, 0.1) is 16.7 Å². The Labute approximate surface area is 115 Å². The van der Waals surface area contributed by atoms with Crippen LogP contribution in [0.4, 0.5) is 0 Å². The summed E-state index contributed by atoms with van der Waals surface area (Å²) in [7, 11) is 0. The normalized spacial score (nSPS) is 21.7. The van der Waals surface area contributed by atoms with Gasteiger partial charge in [-0.25, -0.2) is 0 Å². The Hall–Kier alpha value is -1.35. The molecule has 0 saturated heterocycles. The van der Waals surface area contributed by atoms with E-state index in [1.165, 1.54) is 0 Å². The molecule has 0 bridgehead atoms. The molecule has 1 aromatic rings. The van der Waals surface area contributed by atoms with Crippen molar-refractivity contribution in [2.75, 3.05) is 6.61 Å². The van der Waals surface area contributed by atoms with Gasteiger partial charge < -0.3 is 10.4 Å². The Morgan fingerprint density at radius 1 is 1.21 bits per heavy atom. The Balaban J connectivity index is 2.07. The van der Waals surface area contributed by atoms with E-state index in [2.05, 4.69) is 33.0 Å². The summed E-state index contributed by atoms with van der Waals surface area (Å²) in [6.45, 7) is 8.40. The van der Waals surface area contributed by atoms with Crippen molar-refractivity contribution in [3.63, 3.8) is 0 Å². The van der Waals surface area contributed by atoms with Crippen molar-refractivity contribution in [1.82, 2.24) is 5.32 Å². The number of carbonyl (C=O) groups is 1. The average molecular weight is 261 g/mol. The molecule has 1 aromatic carbocycles. The minimum atomic E-state index is -0.319. The molecule has 0 radical (unpaired) electrons. The van der Waals surface area contributed by atoms with E-state index in [9.17, 15) is 9.90 Å². The van der Waals surface area contributed by atoms with Gasteiger partial charge in [0.05, 0.1) is 12.6 Å². The molecule has 1 saturated carbocycles. The summed E-state index contributed by atoms with van der Waals surface area (Å²) in [5.74, 6) is 0.0515.